The Morgan fingerprint density at radius 1 is 1.18 bits per heavy atom. The average Bonchev–Trinajstić information content (AvgIpc) is 2.13. The highest BCUT2D eigenvalue weighted by molar-refractivity contribution is 9.11. The van der Waals surface area contributed by atoms with E-state index in [-0.39, 0.29) is 18.0 Å². The second-order valence-corrected chi connectivity index (χ2v) is 7.91. The summed E-state index contributed by atoms with van der Waals surface area (Å²) in [6, 6.07) is 5.30. The van der Waals surface area contributed by atoms with Crippen molar-refractivity contribution >= 4 is 47.5 Å². The molecule has 0 atom stereocenters. The molecule has 1 aromatic carbocycles. The van der Waals surface area contributed by atoms with Crippen molar-refractivity contribution in [3.8, 4) is 0 Å². The molecule has 6 heteroatoms. The van der Waals surface area contributed by atoms with Gasteiger partial charge in [0.05, 0.1) is 5.75 Å². The van der Waals surface area contributed by atoms with Crippen LogP contribution in [-0.2, 0) is 9.84 Å². The smallest absolute Gasteiger partial charge is 0.162 e. The maximum absolute atomic E-state index is 11.8. The molecule has 3 nitrogen and oxygen atoms in total. The molecule has 0 amide bonds. The van der Waals surface area contributed by atoms with Crippen LogP contribution in [-0.4, -0.2) is 26.2 Å². The van der Waals surface area contributed by atoms with Crippen LogP contribution >= 0.6 is 31.9 Å². The minimum Gasteiger partial charge on any atom is -0.294 e. The van der Waals surface area contributed by atoms with E-state index in [1.165, 1.54) is 6.26 Å². The number of Topliss-reactive ketones (excluding diaryl/α,β-unsaturated/α-hetero) is 1. The van der Waals surface area contributed by atoms with E-state index in [2.05, 4.69) is 31.9 Å². The summed E-state index contributed by atoms with van der Waals surface area (Å²) < 4.78 is 23.5. The third-order valence-electron chi connectivity index (χ3n) is 2.10. The maximum Gasteiger partial charge on any atom is 0.162 e. The molecule has 0 saturated heterocycles. The molecule has 0 bridgehead atoms. The molecule has 0 spiro atoms. The van der Waals surface area contributed by atoms with Crippen LogP contribution in [0.1, 0.15) is 23.2 Å². The summed E-state index contributed by atoms with van der Waals surface area (Å²) in [5.41, 5.74) is 0.583. The Morgan fingerprint density at radius 3 is 2.18 bits per heavy atom. The minimum atomic E-state index is -2.99. The first-order valence-electron chi connectivity index (χ1n) is 4.95. The monoisotopic (exact) mass is 382 g/mol. The summed E-state index contributed by atoms with van der Waals surface area (Å²) in [5.74, 6) is 0.00382. The lowest BCUT2D eigenvalue weighted by molar-refractivity contribution is 0.0982. The van der Waals surface area contributed by atoms with Crippen LogP contribution in [0, 0.1) is 0 Å². The van der Waals surface area contributed by atoms with E-state index < -0.39 is 9.84 Å². The molecule has 1 rings (SSSR count). The SMILES string of the molecule is CS(=O)(=O)CCCC(=O)c1cc(Br)cc(Br)c1. The second-order valence-electron chi connectivity index (χ2n) is 3.81. The molecule has 17 heavy (non-hydrogen) atoms. The van der Waals surface area contributed by atoms with Crippen molar-refractivity contribution in [3.05, 3.63) is 32.7 Å². The minimum absolute atomic E-state index is 0.0457. The Labute approximate surface area is 118 Å². The Hall–Kier alpha value is -0.200. The van der Waals surface area contributed by atoms with Gasteiger partial charge in [-0.3, -0.25) is 4.79 Å². The fraction of sp³-hybridized carbons (Fsp3) is 0.364. The van der Waals surface area contributed by atoms with Crippen LogP contribution < -0.4 is 0 Å². The molecular formula is C11H12Br2O3S. The van der Waals surface area contributed by atoms with Crippen molar-refractivity contribution in [2.24, 2.45) is 0 Å². The van der Waals surface area contributed by atoms with E-state index in [1.807, 2.05) is 6.07 Å². The van der Waals surface area contributed by atoms with Crippen molar-refractivity contribution < 1.29 is 13.2 Å². The largest absolute Gasteiger partial charge is 0.294 e. The number of rotatable bonds is 5. The Balaban J connectivity index is 2.64. The van der Waals surface area contributed by atoms with Gasteiger partial charge in [0.1, 0.15) is 9.84 Å². The molecule has 0 unspecified atom stereocenters. The van der Waals surface area contributed by atoms with E-state index in [0.717, 1.165) is 8.95 Å². The summed E-state index contributed by atoms with van der Waals surface area (Å²) in [7, 11) is -2.99. The van der Waals surface area contributed by atoms with E-state index >= 15 is 0 Å². The number of benzene rings is 1. The highest BCUT2D eigenvalue weighted by Gasteiger charge is 2.09. The fourth-order valence-corrected chi connectivity index (χ4v) is 3.32. The molecule has 0 aromatic heterocycles. The summed E-state index contributed by atoms with van der Waals surface area (Å²) >= 11 is 6.61. The van der Waals surface area contributed by atoms with Gasteiger partial charge < -0.3 is 0 Å². The maximum atomic E-state index is 11.8. The molecular weight excluding hydrogens is 372 g/mol. The lowest BCUT2D eigenvalue weighted by Crippen LogP contribution is -2.06. The molecule has 0 heterocycles. The highest BCUT2D eigenvalue weighted by atomic mass is 79.9. The van der Waals surface area contributed by atoms with Crippen molar-refractivity contribution in [1.82, 2.24) is 0 Å². The van der Waals surface area contributed by atoms with Gasteiger partial charge >= 0.3 is 0 Å². The van der Waals surface area contributed by atoms with Gasteiger partial charge in [-0.2, -0.15) is 0 Å². The van der Waals surface area contributed by atoms with E-state index in [1.54, 1.807) is 12.1 Å². The van der Waals surface area contributed by atoms with Crippen molar-refractivity contribution in [1.29, 1.82) is 0 Å². The summed E-state index contributed by atoms with van der Waals surface area (Å²) in [4.78, 5) is 11.8. The summed E-state index contributed by atoms with van der Waals surface area (Å²) in [5, 5.41) is 0. The first kappa shape index (κ1) is 14.9. The van der Waals surface area contributed by atoms with Gasteiger partial charge in [0.15, 0.2) is 5.78 Å². The van der Waals surface area contributed by atoms with Crippen molar-refractivity contribution in [3.63, 3.8) is 0 Å². The van der Waals surface area contributed by atoms with Gasteiger partial charge in [0.2, 0.25) is 0 Å². The first-order valence-corrected chi connectivity index (χ1v) is 8.59. The lowest BCUT2D eigenvalue weighted by atomic mass is 10.1. The zero-order chi connectivity index (χ0) is 13.1. The Kier molecular flexibility index (Phi) is 5.34. The highest BCUT2D eigenvalue weighted by Crippen LogP contribution is 2.21. The van der Waals surface area contributed by atoms with Crippen LogP contribution in [0.25, 0.3) is 0 Å². The molecule has 0 fully saturated rings. The molecule has 0 aliphatic rings. The van der Waals surface area contributed by atoms with Crippen molar-refractivity contribution in [2.45, 2.75) is 12.8 Å². The molecule has 1 aromatic rings. The first-order chi connectivity index (χ1) is 7.78. The number of hydrogen-bond acceptors (Lipinski definition) is 3. The van der Waals surface area contributed by atoms with E-state index in [9.17, 15) is 13.2 Å². The van der Waals surface area contributed by atoms with Gasteiger partial charge in [-0.1, -0.05) is 31.9 Å². The Bertz CT molecular complexity index is 503. The average molecular weight is 384 g/mol. The quantitative estimate of drug-likeness (QED) is 0.733. The van der Waals surface area contributed by atoms with Crippen LogP contribution in [0.4, 0.5) is 0 Å². The molecule has 0 radical (unpaired) electrons. The molecule has 0 saturated carbocycles. The van der Waals surface area contributed by atoms with Crippen LogP contribution in [0.3, 0.4) is 0 Å². The standard InChI is InChI=1S/C11H12Br2O3S/c1-17(15,16)4-2-3-11(14)8-5-9(12)7-10(13)6-8/h5-7H,2-4H2,1H3. The number of halogens is 2. The molecule has 0 N–H and O–H groups in total. The van der Waals surface area contributed by atoms with Gasteiger partial charge in [-0.15, -0.1) is 0 Å². The summed E-state index contributed by atoms with van der Waals surface area (Å²) in [6.07, 6.45) is 1.78. The van der Waals surface area contributed by atoms with Gasteiger partial charge in [-0.25, -0.2) is 8.42 Å². The molecule has 0 aliphatic carbocycles. The van der Waals surface area contributed by atoms with Gasteiger partial charge in [0, 0.05) is 27.2 Å². The normalized spacial score (nSPS) is 11.5. The second kappa shape index (κ2) is 6.11. The third-order valence-corrected chi connectivity index (χ3v) is 4.05. The van der Waals surface area contributed by atoms with Crippen LogP contribution in [0.2, 0.25) is 0 Å². The number of sulfone groups is 1. The van der Waals surface area contributed by atoms with Crippen molar-refractivity contribution in [2.75, 3.05) is 12.0 Å². The zero-order valence-corrected chi connectivity index (χ0v) is 13.2. The van der Waals surface area contributed by atoms with Crippen LogP contribution in [0.5, 0.6) is 0 Å². The summed E-state index contributed by atoms with van der Waals surface area (Å²) in [6.45, 7) is 0. The predicted molar refractivity (Wildman–Crippen MR) is 75.1 cm³/mol. The van der Waals surface area contributed by atoms with E-state index in [0.29, 0.717) is 12.0 Å². The van der Waals surface area contributed by atoms with Gasteiger partial charge in [-0.05, 0) is 24.6 Å². The molecule has 94 valence electrons. The third kappa shape index (κ3) is 5.79. The lowest BCUT2D eigenvalue weighted by Gasteiger charge is -2.02. The number of carbonyl (C=O) groups excluding carboxylic acids is 1. The van der Waals surface area contributed by atoms with E-state index in [4.69, 9.17) is 0 Å². The zero-order valence-electron chi connectivity index (χ0n) is 9.24. The predicted octanol–water partition coefficient (Wildman–Crippen LogP) is 3.22. The van der Waals surface area contributed by atoms with Gasteiger partial charge in [0.25, 0.3) is 0 Å². The Morgan fingerprint density at radius 2 is 1.71 bits per heavy atom. The topological polar surface area (TPSA) is 51.2 Å². The number of carbonyl (C=O) groups is 1. The number of hydrogen-bond donors (Lipinski definition) is 0. The fourth-order valence-electron chi connectivity index (χ4n) is 1.35. The molecule has 0 aliphatic heterocycles. The van der Waals surface area contributed by atoms with Crippen LogP contribution in [0.15, 0.2) is 27.1 Å². The number of ketones is 1.